The number of nitrogens with one attached hydrogen (secondary N) is 2. The van der Waals surface area contributed by atoms with E-state index in [9.17, 15) is 9.59 Å². The van der Waals surface area contributed by atoms with E-state index in [-0.39, 0.29) is 12.5 Å². The second-order valence-corrected chi connectivity index (χ2v) is 7.74. The summed E-state index contributed by atoms with van der Waals surface area (Å²) in [6.07, 6.45) is 2.38. The highest BCUT2D eigenvalue weighted by Crippen LogP contribution is 2.35. The molecule has 6 nitrogen and oxygen atoms in total. The van der Waals surface area contributed by atoms with E-state index in [0.717, 1.165) is 30.1 Å². The number of anilines is 1. The van der Waals surface area contributed by atoms with Crippen LogP contribution in [0, 0.1) is 0 Å². The third-order valence-electron chi connectivity index (χ3n) is 4.88. The van der Waals surface area contributed by atoms with Gasteiger partial charge in [0.15, 0.2) is 0 Å². The maximum atomic E-state index is 12.3. The number of likely N-dealkylation sites (tertiary alicyclic amines) is 1. The van der Waals surface area contributed by atoms with E-state index in [1.165, 1.54) is 24.2 Å². The second kappa shape index (κ2) is 9.12. The fourth-order valence-electron chi connectivity index (χ4n) is 3.48. The first-order chi connectivity index (χ1) is 13.1. The monoisotopic (exact) mass is 386 g/mol. The number of nitrogens with zero attached hydrogens (tertiary/aromatic N) is 1. The Balaban J connectivity index is 1.60. The van der Waals surface area contributed by atoms with E-state index in [2.05, 4.69) is 22.5 Å². The molecule has 1 unspecified atom stereocenters. The first-order valence-electron chi connectivity index (χ1n) is 9.32. The van der Waals surface area contributed by atoms with E-state index in [1.54, 1.807) is 6.07 Å². The largest absolute Gasteiger partial charge is 0.366 e. The topological polar surface area (TPSA) is 87.5 Å². The van der Waals surface area contributed by atoms with E-state index in [4.69, 9.17) is 5.73 Å². The molecule has 1 aromatic heterocycles. The lowest BCUT2D eigenvalue weighted by molar-refractivity contribution is -0.115. The first kappa shape index (κ1) is 19.5. The third kappa shape index (κ3) is 4.94. The van der Waals surface area contributed by atoms with Crippen molar-refractivity contribution in [1.82, 2.24) is 10.2 Å². The molecule has 27 heavy (non-hydrogen) atoms. The standard InChI is InChI=1S/C20H26N4O2S/c1-2-24-10-6-9-15(24)12-22-13-18(25)23-20-16(19(21)26)11-17(27-20)14-7-4-3-5-8-14/h3-5,7-8,11,15,22H,2,6,9-10,12-13H2,1H3,(H2,21,26)(H,23,25). The summed E-state index contributed by atoms with van der Waals surface area (Å²) >= 11 is 1.36. The number of nitrogens with two attached hydrogens (primary N) is 1. The van der Waals surface area contributed by atoms with E-state index in [0.29, 0.717) is 16.6 Å². The maximum Gasteiger partial charge on any atom is 0.251 e. The molecule has 2 aromatic rings. The summed E-state index contributed by atoms with van der Waals surface area (Å²) in [5.74, 6) is -0.707. The van der Waals surface area contributed by atoms with Crippen molar-refractivity contribution >= 4 is 28.2 Å². The van der Waals surface area contributed by atoms with Gasteiger partial charge < -0.3 is 16.4 Å². The normalized spacial score (nSPS) is 17.1. The SMILES string of the molecule is CCN1CCCC1CNCC(=O)Nc1sc(-c2ccccc2)cc1C(N)=O. The summed E-state index contributed by atoms with van der Waals surface area (Å²) < 4.78 is 0. The van der Waals surface area contributed by atoms with Gasteiger partial charge in [-0.15, -0.1) is 11.3 Å². The van der Waals surface area contributed by atoms with Crippen LogP contribution in [0.1, 0.15) is 30.1 Å². The van der Waals surface area contributed by atoms with Gasteiger partial charge in [-0.2, -0.15) is 0 Å². The smallest absolute Gasteiger partial charge is 0.251 e. The zero-order valence-electron chi connectivity index (χ0n) is 15.5. The van der Waals surface area contributed by atoms with E-state index < -0.39 is 5.91 Å². The van der Waals surface area contributed by atoms with Gasteiger partial charge >= 0.3 is 0 Å². The molecule has 7 heteroatoms. The van der Waals surface area contributed by atoms with Gasteiger partial charge in [0.05, 0.1) is 12.1 Å². The first-order valence-corrected chi connectivity index (χ1v) is 10.1. The van der Waals surface area contributed by atoms with Crippen molar-refractivity contribution in [2.24, 2.45) is 5.73 Å². The van der Waals surface area contributed by atoms with E-state index in [1.807, 2.05) is 30.3 Å². The van der Waals surface area contributed by atoms with Crippen molar-refractivity contribution in [2.75, 3.05) is 31.5 Å². The zero-order valence-corrected chi connectivity index (χ0v) is 16.3. The number of carbonyl (C=O) groups is 2. The molecule has 1 aliphatic rings. The number of primary amides is 1. The Kier molecular flexibility index (Phi) is 6.60. The van der Waals surface area contributed by atoms with Crippen LogP contribution in [-0.4, -0.2) is 48.9 Å². The lowest BCUT2D eigenvalue weighted by Crippen LogP contribution is -2.40. The predicted molar refractivity (Wildman–Crippen MR) is 110 cm³/mol. The van der Waals surface area contributed by atoms with Crippen LogP contribution in [0.5, 0.6) is 0 Å². The minimum atomic E-state index is -0.541. The van der Waals surface area contributed by atoms with Crippen LogP contribution in [0.3, 0.4) is 0 Å². The van der Waals surface area contributed by atoms with Crippen LogP contribution in [0.2, 0.25) is 0 Å². The molecule has 1 aliphatic heterocycles. The average Bonchev–Trinajstić information content (AvgIpc) is 3.29. The number of amides is 2. The molecule has 2 amide bonds. The Morgan fingerprint density at radius 3 is 2.78 bits per heavy atom. The van der Waals surface area contributed by atoms with Crippen LogP contribution in [0.25, 0.3) is 10.4 Å². The molecule has 1 aromatic carbocycles. The minimum Gasteiger partial charge on any atom is -0.366 e. The van der Waals surface area contributed by atoms with Crippen molar-refractivity contribution in [3.63, 3.8) is 0 Å². The quantitative estimate of drug-likeness (QED) is 0.651. The summed E-state index contributed by atoms with van der Waals surface area (Å²) in [4.78, 5) is 27.4. The number of hydrogen-bond acceptors (Lipinski definition) is 5. The summed E-state index contributed by atoms with van der Waals surface area (Å²) in [6.45, 7) is 5.35. The number of rotatable bonds is 8. The van der Waals surface area contributed by atoms with Crippen molar-refractivity contribution in [1.29, 1.82) is 0 Å². The predicted octanol–water partition coefficient (Wildman–Crippen LogP) is 2.53. The molecule has 0 radical (unpaired) electrons. The van der Waals surface area contributed by atoms with E-state index >= 15 is 0 Å². The van der Waals surface area contributed by atoms with Crippen molar-refractivity contribution in [3.8, 4) is 10.4 Å². The summed E-state index contributed by atoms with van der Waals surface area (Å²) in [5, 5.41) is 6.57. The van der Waals surface area contributed by atoms with Crippen LogP contribution in [0.15, 0.2) is 36.4 Å². The molecule has 0 bridgehead atoms. The van der Waals surface area contributed by atoms with Gasteiger partial charge in [0, 0.05) is 17.5 Å². The highest BCUT2D eigenvalue weighted by Gasteiger charge is 2.22. The van der Waals surface area contributed by atoms with Gasteiger partial charge in [0.1, 0.15) is 5.00 Å². The molecule has 3 rings (SSSR count). The molecular formula is C20H26N4O2S. The van der Waals surface area contributed by atoms with Crippen molar-refractivity contribution in [3.05, 3.63) is 42.0 Å². The number of likely N-dealkylation sites (N-methyl/N-ethyl adjacent to an activating group) is 1. The summed E-state index contributed by atoms with van der Waals surface area (Å²) in [6, 6.07) is 12.0. The molecule has 0 saturated carbocycles. The van der Waals surface area contributed by atoms with Crippen LogP contribution >= 0.6 is 11.3 Å². The highest BCUT2D eigenvalue weighted by atomic mass is 32.1. The zero-order chi connectivity index (χ0) is 19.2. The molecule has 1 saturated heterocycles. The Bertz CT molecular complexity index is 791. The van der Waals surface area contributed by atoms with Crippen LogP contribution < -0.4 is 16.4 Å². The number of thiophene rings is 1. The van der Waals surface area contributed by atoms with Gasteiger partial charge in [0.2, 0.25) is 5.91 Å². The lowest BCUT2D eigenvalue weighted by atomic mass is 10.1. The number of benzene rings is 1. The fraction of sp³-hybridized carbons (Fsp3) is 0.400. The van der Waals surface area contributed by atoms with Gasteiger partial charge in [-0.1, -0.05) is 37.3 Å². The average molecular weight is 387 g/mol. The van der Waals surface area contributed by atoms with Crippen LogP contribution in [0.4, 0.5) is 5.00 Å². The van der Waals surface area contributed by atoms with Crippen molar-refractivity contribution in [2.45, 2.75) is 25.8 Å². The van der Waals surface area contributed by atoms with Gasteiger partial charge in [-0.05, 0) is 37.6 Å². The second-order valence-electron chi connectivity index (χ2n) is 6.69. The van der Waals surface area contributed by atoms with Crippen molar-refractivity contribution < 1.29 is 9.59 Å². The Morgan fingerprint density at radius 1 is 1.30 bits per heavy atom. The Morgan fingerprint density at radius 2 is 2.07 bits per heavy atom. The number of carbonyl (C=O) groups excluding carboxylic acids is 2. The van der Waals surface area contributed by atoms with Gasteiger partial charge in [-0.25, -0.2) is 0 Å². The summed E-state index contributed by atoms with van der Waals surface area (Å²) in [5.41, 5.74) is 6.83. The Hall–Kier alpha value is -2.22. The molecule has 1 fully saturated rings. The van der Waals surface area contributed by atoms with Crippen LogP contribution in [-0.2, 0) is 4.79 Å². The molecule has 1 atom stereocenters. The molecule has 2 heterocycles. The molecule has 0 aliphatic carbocycles. The molecule has 144 valence electrons. The van der Waals surface area contributed by atoms with Gasteiger partial charge in [0.25, 0.3) is 5.91 Å². The summed E-state index contributed by atoms with van der Waals surface area (Å²) in [7, 11) is 0. The highest BCUT2D eigenvalue weighted by molar-refractivity contribution is 7.20. The molecular weight excluding hydrogens is 360 g/mol. The Labute approximate surface area is 163 Å². The third-order valence-corrected chi connectivity index (χ3v) is 5.98. The number of hydrogen-bond donors (Lipinski definition) is 3. The van der Waals surface area contributed by atoms with Gasteiger partial charge in [-0.3, -0.25) is 14.5 Å². The minimum absolute atomic E-state index is 0.167. The maximum absolute atomic E-state index is 12.3. The lowest BCUT2D eigenvalue weighted by Gasteiger charge is -2.22. The fourth-order valence-corrected chi connectivity index (χ4v) is 4.56. The molecule has 0 spiro atoms. The molecule has 4 N–H and O–H groups in total.